The lowest BCUT2D eigenvalue weighted by Crippen LogP contribution is -2.20. The molecule has 78 valence electrons. The van der Waals surface area contributed by atoms with Gasteiger partial charge in [-0.15, -0.1) is 0 Å². The van der Waals surface area contributed by atoms with Crippen LogP contribution < -0.4 is 0 Å². The molecule has 0 saturated carbocycles. The summed E-state index contributed by atoms with van der Waals surface area (Å²) in [6.45, 7) is 1.81. The molecule has 1 aromatic rings. The molecule has 0 aliphatic rings. The Hall–Kier alpha value is -0.900. The zero-order chi connectivity index (χ0) is 10.4. The lowest BCUT2D eigenvalue weighted by Gasteiger charge is -2.15. The Kier molecular flexibility index (Phi) is 4.59. The summed E-state index contributed by atoms with van der Waals surface area (Å²) in [6, 6.07) is 9.76. The van der Waals surface area contributed by atoms with Crippen LogP contribution in [-0.4, -0.2) is 29.5 Å². The fraction of sp³-hybridized carbons (Fsp3) is 0.455. The maximum absolute atomic E-state index is 9.08. The van der Waals surface area contributed by atoms with Crippen LogP contribution in [0.2, 0.25) is 0 Å². The molecule has 2 unspecified atom stereocenters. The van der Waals surface area contributed by atoms with E-state index in [2.05, 4.69) is 0 Å². The summed E-state index contributed by atoms with van der Waals surface area (Å²) in [5.74, 6) is 0. The van der Waals surface area contributed by atoms with Crippen LogP contribution in [0, 0.1) is 0 Å². The van der Waals surface area contributed by atoms with Gasteiger partial charge in [-0.1, -0.05) is 30.3 Å². The van der Waals surface area contributed by atoms with Crippen molar-refractivity contribution < 1.29 is 14.9 Å². The lowest BCUT2D eigenvalue weighted by atomic mass is 10.1. The first-order chi connectivity index (χ1) is 6.74. The summed E-state index contributed by atoms with van der Waals surface area (Å²) in [6.07, 6.45) is -0.849. The zero-order valence-electron chi connectivity index (χ0n) is 8.26. The molecule has 0 spiro atoms. The molecule has 2 atom stereocenters. The number of hydrogen-bond acceptors (Lipinski definition) is 3. The van der Waals surface area contributed by atoms with E-state index < -0.39 is 6.10 Å². The van der Waals surface area contributed by atoms with E-state index in [1.54, 1.807) is 0 Å². The molecule has 0 heterocycles. The SMILES string of the molecule is CC(OCC(O)CO)c1ccccc1. The van der Waals surface area contributed by atoms with E-state index in [1.165, 1.54) is 0 Å². The summed E-state index contributed by atoms with van der Waals surface area (Å²) in [7, 11) is 0. The minimum atomic E-state index is -0.791. The Bertz CT molecular complexity index is 248. The first kappa shape index (κ1) is 11.2. The topological polar surface area (TPSA) is 49.7 Å². The number of aliphatic hydroxyl groups excluding tert-OH is 2. The fourth-order valence-corrected chi connectivity index (χ4v) is 1.13. The number of hydrogen-bond donors (Lipinski definition) is 2. The summed E-state index contributed by atoms with van der Waals surface area (Å²) in [4.78, 5) is 0. The van der Waals surface area contributed by atoms with E-state index >= 15 is 0 Å². The molecule has 14 heavy (non-hydrogen) atoms. The van der Waals surface area contributed by atoms with Crippen LogP contribution in [0.25, 0.3) is 0 Å². The molecule has 0 aliphatic heterocycles. The van der Waals surface area contributed by atoms with Gasteiger partial charge in [0.25, 0.3) is 0 Å². The molecular formula is C11H16O3. The third-order valence-electron chi connectivity index (χ3n) is 2.02. The van der Waals surface area contributed by atoms with Gasteiger partial charge in [-0.3, -0.25) is 0 Å². The van der Waals surface area contributed by atoms with Gasteiger partial charge in [0.1, 0.15) is 6.10 Å². The van der Waals surface area contributed by atoms with Gasteiger partial charge in [0.05, 0.1) is 19.3 Å². The van der Waals surface area contributed by atoms with E-state index in [-0.39, 0.29) is 19.3 Å². The van der Waals surface area contributed by atoms with E-state index in [4.69, 9.17) is 14.9 Å². The molecule has 0 bridgehead atoms. The number of ether oxygens (including phenoxy) is 1. The minimum absolute atomic E-state index is 0.0580. The molecular weight excluding hydrogens is 180 g/mol. The molecule has 3 nitrogen and oxygen atoms in total. The standard InChI is InChI=1S/C11H16O3/c1-9(14-8-11(13)7-12)10-5-3-2-4-6-10/h2-6,9,11-13H,7-8H2,1H3. The summed E-state index contributed by atoms with van der Waals surface area (Å²) < 4.78 is 5.37. The van der Waals surface area contributed by atoms with Crippen molar-refractivity contribution in [2.24, 2.45) is 0 Å². The molecule has 3 heteroatoms. The second-order valence-corrected chi connectivity index (χ2v) is 3.22. The number of aliphatic hydroxyl groups is 2. The first-order valence-corrected chi connectivity index (χ1v) is 4.69. The van der Waals surface area contributed by atoms with Crippen LogP contribution in [0.1, 0.15) is 18.6 Å². The second kappa shape index (κ2) is 5.75. The lowest BCUT2D eigenvalue weighted by molar-refractivity contribution is -0.0235. The quantitative estimate of drug-likeness (QED) is 0.742. The molecule has 0 aromatic heterocycles. The second-order valence-electron chi connectivity index (χ2n) is 3.22. The van der Waals surface area contributed by atoms with Crippen molar-refractivity contribution in [1.29, 1.82) is 0 Å². The Balaban J connectivity index is 2.39. The molecule has 0 aliphatic carbocycles. The van der Waals surface area contributed by atoms with Gasteiger partial charge in [0, 0.05) is 0 Å². The van der Waals surface area contributed by atoms with Crippen molar-refractivity contribution in [1.82, 2.24) is 0 Å². The summed E-state index contributed by atoms with van der Waals surface area (Å²) in [5, 5.41) is 17.7. The van der Waals surface area contributed by atoms with Crippen molar-refractivity contribution in [2.45, 2.75) is 19.1 Å². The Morgan fingerprint density at radius 1 is 1.29 bits per heavy atom. The largest absolute Gasteiger partial charge is 0.394 e. The van der Waals surface area contributed by atoms with Crippen LogP contribution >= 0.6 is 0 Å². The predicted molar refractivity (Wildman–Crippen MR) is 53.9 cm³/mol. The molecule has 0 saturated heterocycles. The average Bonchev–Trinajstić information content (AvgIpc) is 2.26. The van der Waals surface area contributed by atoms with Crippen molar-refractivity contribution in [3.63, 3.8) is 0 Å². The number of benzene rings is 1. The Morgan fingerprint density at radius 3 is 2.50 bits per heavy atom. The number of rotatable bonds is 5. The normalized spacial score (nSPS) is 15.1. The van der Waals surface area contributed by atoms with Crippen LogP contribution in [0.15, 0.2) is 30.3 Å². The maximum Gasteiger partial charge on any atom is 0.100 e. The zero-order valence-corrected chi connectivity index (χ0v) is 8.26. The van der Waals surface area contributed by atoms with Crippen molar-refractivity contribution in [2.75, 3.05) is 13.2 Å². The van der Waals surface area contributed by atoms with Crippen LogP contribution in [0.3, 0.4) is 0 Å². The molecule has 2 N–H and O–H groups in total. The van der Waals surface area contributed by atoms with E-state index in [0.29, 0.717) is 0 Å². The molecule has 0 radical (unpaired) electrons. The molecule has 1 aromatic carbocycles. The van der Waals surface area contributed by atoms with Gasteiger partial charge in [0.2, 0.25) is 0 Å². The smallest absolute Gasteiger partial charge is 0.100 e. The highest BCUT2D eigenvalue weighted by Gasteiger charge is 2.08. The minimum Gasteiger partial charge on any atom is -0.394 e. The van der Waals surface area contributed by atoms with Gasteiger partial charge < -0.3 is 14.9 Å². The van der Waals surface area contributed by atoms with Gasteiger partial charge in [0.15, 0.2) is 0 Å². The van der Waals surface area contributed by atoms with Crippen LogP contribution in [-0.2, 0) is 4.74 Å². The van der Waals surface area contributed by atoms with E-state index in [0.717, 1.165) is 5.56 Å². The average molecular weight is 196 g/mol. The fourth-order valence-electron chi connectivity index (χ4n) is 1.13. The van der Waals surface area contributed by atoms with E-state index in [9.17, 15) is 0 Å². The van der Waals surface area contributed by atoms with E-state index in [1.807, 2.05) is 37.3 Å². The molecule has 0 fully saturated rings. The predicted octanol–water partition coefficient (Wildman–Crippen LogP) is 1.12. The highest BCUT2D eigenvalue weighted by molar-refractivity contribution is 5.16. The van der Waals surface area contributed by atoms with Crippen molar-refractivity contribution >= 4 is 0 Å². The van der Waals surface area contributed by atoms with Gasteiger partial charge >= 0.3 is 0 Å². The highest BCUT2D eigenvalue weighted by Crippen LogP contribution is 2.15. The Labute approximate surface area is 84.0 Å². The Morgan fingerprint density at radius 2 is 1.93 bits per heavy atom. The monoisotopic (exact) mass is 196 g/mol. The van der Waals surface area contributed by atoms with Gasteiger partial charge in [-0.25, -0.2) is 0 Å². The van der Waals surface area contributed by atoms with Crippen molar-refractivity contribution in [3.05, 3.63) is 35.9 Å². The summed E-state index contributed by atoms with van der Waals surface area (Å²) in [5.41, 5.74) is 1.07. The maximum atomic E-state index is 9.08. The summed E-state index contributed by atoms with van der Waals surface area (Å²) >= 11 is 0. The highest BCUT2D eigenvalue weighted by atomic mass is 16.5. The third kappa shape index (κ3) is 3.46. The van der Waals surface area contributed by atoms with Crippen LogP contribution in [0.5, 0.6) is 0 Å². The molecule has 0 amide bonds. The van der Waals surface area contributed by atoms with Gasteiger partial charge in [-0.2, -0.15) is 0 Å². The van der Waals surface area contributed by atoms with Crippen LogP contribution in [0.4, 0.5) is 0 Å². The van der Waals surface area contributed by atoms with Gasteiger partial charge in [-0.05, 0) is 12.5 Å². The van der Waals surface area contributed by atoms with Crippen molar-refractivity contribution in [3.8, 4) is 0 Å². The molecule has 1 rings (SSSR count). The first-order valence-electron chi connectivity index (χ1n) is 4.69. The third-order valence-corrected chi connectivity index (χ3v) is 2.02.